The summed E-state index contributed by atoms with van der Waals surface area (Å²) in [5, 5.41) is 9.17. The fourth-order valence-corrected chi connectivity index (χ4v) is 2.36. The van der Waals surface area contributed by atoms with E-state index in [0.29, 0.717) is 24.8 Å². The van der Waals surface area contributed by atoms with Crippen LogP contribution in [0.4, 0.5) is 0 Å². The minimum atomic E-state index is -1.03. The van der Waals surface area contributed by atoms with E-state index in [1.54, 1.807) is 12.1 Å². The first-order valence-electron chi connectivity index (χ1n) is 8.15. The molecule has 0 aliphatic heterocycles. The van der Waals surface area contributed by atoms with Crippen molar-refractivity contribution < 1.29 is 24.2 Å². The maximum atomic E-state index is 12.1. The Morgan fingerprint density at radius 1 is 1.08 bits per heavy atom. The smallest absolute Gasteiger partial charge is 0.335 e. The number of carbonyl (C=O) groups is 3. The molecule has 0 spiro atoms. The van der Waals surface area contributed by atoms with Crippen LogP contribution in [0.25, 0.3) is 0 Å². The average Bonchev–Trinajstić information content (AvgIpc) is 2.41. The molecule has 0 atom stereocenters. The van der Waals surface area contributed by atoms with Gasteiger partial charge in [-0.15, -0.1) is 0 Å². The molecule has 1 aromatic carbocycles. The summed E-state index contributed by atoms with van der Waals surface area (Å²) in [6.45, 7) is 7.31. The Morgan fingerprint density at radius 2 is 1.71 bits per heavy atom. The van der Waals surface area contributed by atoms with Crippen LogP contribution in [0.15, 0.2) is 18.2 Å². The molecular weight excluding hydrogens is 308 g/mol. The van der Waals surface area contributed by atoms with E-state index in [1.807, 2.05) is 27.7 Å². The summed E-state index contributed by atoms with van der Waals surface area (Å²) in [6, 6.07) is 4.99. The second-order valence-corrected chi connectivity index (χ2v) is 6.97. The molecule has 1 N–H and O–H groups in total. The van der Waals surface area contributed by atoms with Gasteiger partial charge in [-0.05, 0) is 52.2 Å². The number of carboxylic acid groups (broad SMARTS) is 1. The Balaban J connectivity index is 2.44. The van der Waals surface area contributed by atoms with Crippen molar-refractivity contribution in [3.63, 3.8) is 0 Å². The van der Waals surface area contributed by atoms with Gasteiger partial charge in [0.25, 0.3) is 0 Å². The maximum Gasteiger partial charge on any atom is 0.335 e. The van der Waals surface area contributed by atoms with Gasteiger partial charge in [-0.2, -0.15) is 0 Å². The summed E-state index contributed by atoms with van der Waals surface area (Å²) in [5.74, 6) is -1.31. The van der Waals surface area contributed by atoms with Crippen molar-refractivity contribution in [2.24, 2.45) is 0 Å². The number of hydrogen-bond acceptors (Lipinski definition) is 4. The van der Waals surface area contributed by atoms with Crippen LogP contribution >= 0.6 is 0 Å². The first-order chi connectivity index (χ1) is 11.1. The van der Waals surface area contributed by atoms with E-state index in [1.165, 1.54) is 6.07 Å². The number of ketones is 1. The van der Waals surface area contributed by atoms with Gasteiger partial charge in [0.1, 0.15) is 11.4 Å². The lowest BCUT2D eigenvalue weighted by atomic mass is 9.98. The summed E-state index contributed by atoms with van der Waals surface area (Å²) in [5.41, 5.74) is 1.14. The Morgan fingerprint density at radius 3 is 2.29 bits per heavy atom. The van der Waals surface area contributed by atoms with Gasteiger partial charge in [-0.1, -0.05) is 17.7 Å². The summed E-state index contributed by atoms with van der Waals surface area (Å²) in [4.78, 5) is 34.8. The molecule has 0 saturated heterocycles. The lowest BCUT2D eigenvalue weighted by Crippen LogP contribution is -2.23. The SMILES string of the molecule is Cc1ccc(C(=O)O)c(CC(=O)CCCCC(=O)OC(C)(C)C)c1. The molecule has 0 unspecified atom stereocenters. The first kappa shape index (κ1) is 19.9. The molecular formula is C19H26O5. The van der Waals surface area contributed by atoms with Crippen LogP contribution in [-0.2, 0) is 20.7 Å². The summed E-state index contributed by atoms with van der Waals surface area (Å²) >= 11 is 0. The van der Waals surface area contributed by atoms with Crippen molar-refractivity contribution in [2.45, 2.75) is 65.4 Å². The molecule has 0 bridgehead atoms. The van der Waals surface area contributed by atoms with Crippen LogP contribution in [0.5, 0.6) is 0 Å². The quantitative estimate of drug-likeness (QED) is 0.579. The lowest BCUT2D eigenvalue weighted by molar-refractivity contribution is -0.155. The van der Waals surface area contributed by atoms with Gasteiger partial charge in [0, 0.05) is 19.3 Å². The molecule has 0 aliphatic carbocycles. The highest BCUT2D eigenvalue weighted by molar-refractivity contribution is 5.92. The third-order valence-corrected chi connectivity index (χ3v) is 3.39. The largest absolute Gasteiger partial charge is 0.478 e. The zero-order valence-corrected chi connectivity index (χ0v) is 14.8. The van der Waals surface area contributed by atoms with E-state index >= 15 is 0 Å². The van der Waals surface area contributed by atoms with Crippen molar-refractivity contribution in [2.75, 3.05) is 0 Å². The normalized spacial score (nSPS) is 11.2. The number of rotatable bonds is 8. The van der Waals surface area contributed by atoms with Crippen LogP contribution in [0.3, 0.4) is 0 Å². The molecule has 0 amide bonds. The summed E-state index contributed by atoms with van der Waals surface area (Å²) in [6.07, 6.45) is 1.90. The Kier molecular flexibility index (Phi) is 7.14. The van der Waals surface area contributed by atoms with Gasteiger partial charge in [-0.3, -0.25) is 9.59 Å². The molecule has 1 rings (SSSR count). The van der Waals surface area contributed by atoms with E-state index in [0.717, 1.165) is 5.56 Å². The van der Waals surface area contributed by atoms with Crippen LogP contribution in [0.1, 0.15) is 67.9 Å². The highest BCUT2D eigenvalue weighted by atomic mass is 16.6. The van der Waals surface area contributed by atoms with Gasteiger partial charge in [0.2, 0.25) is 0 Å². The monoisotopic (exact) mass is 334 g/mol. The lowest BCUT2D eigenvalue weighted by Gasteiger charge is -2.19. The third-order valence-electron chi connectivity index (χ3n) is 3.39. The first-order valence-corrected chi connectivity index (χ1v) is 8.15. The molecule has 0 saturated carbocycles. The number of unbranched alkanes of at least 4 members (excludes halogenated alkanes) is 1. The van der Waals surface area contributed by atoms with Gasteiger partial charge in [-0.25, -0.2) is 4.79 Å². The van der Waals surface area contributed by atoms with Crippen molar-refractivity contribution in [3.05, 3.63) is 34.9 Å². The van der Waals surface area contributed by atoms with Crippen molar-refractivity contribution in [1.82, 2.24) is 0 Å². The molecule has 0 aliphatic rings. The second-order valence-electron chi connectivity index (χ2n) is 6.97. The van der Waals surface area contributed by atoms with Gasteiger partial charge in [0.05, 0.1) is 5.56 Å². The Hall–Kier alpha value is -2.17. The molecule has 1 aromatic rings. The fourth-order valence-electron chi connectivity index (χ4n) is 2.36. The van der Waals surface area contributed by atoms with Crippen molar-refractivity contribution in [3.8, 4) is 0 Å². The fraction of sp³-hybridized carbons (Fsp3) is 0.526. The number of aromatic carboxylic acids is 1. The van der Waals surface area contributed by atoms with Crippen LogP contribution in [0, 0.1) is 6.92 Å². The molecule has 132 valence electrons. The molecule has 5 heteroatoms. The zero-order valence-electron chi connectivity index (χ0n) is 14.8. The molecule has 0 aromatic heterocycles. The Bertz CT molecular complexity index is 611. The number of carboxylic acids is 1. The number of carbonyl (C=O) groups excluding carboxylic acids is 2. The third kappa shape index (κ3) is 7.40. The van der Waals surface area contributed by atoms with Crippen molar-refractivity contribution in [1.29, 1.82) is 0 Å². The van der Waals surface area contributed by atoms with Gasteiger partial charge >= 0.3 is 11.9 Å². The second kappa shape index (κ2) is 8.62. The maximum absolute atomic E-state index is 12.1. The van der Waals surface area contributed by atoms with E-state index < -0.39 is 11.6 Å². The minimum absolute atomic E-state index is 0.0210. The minimum Gasteiger partial charge on any atom is -0.478 e. The number of esters is 1. The topological polar surface area (TPSA) is 80.7 Å². The Labute approximate surface area is 143 Å². The van der Waals surface area contributed by atoms with Crippen LogP contribution < -0.4 is 0 Å². The molecule has 24 heavy (non-hydrogen) atoms. The van der Waals surface area contributed by atoms with Gasteiger partial charge in [0.15, 0.2) is 0 Å². The summed E-state index contributed by atoms with van der Waals surface area (Å²) < 4.78 is 5.21. The number of hydrogen-bond donors (Lipinski definition) is 1. The predicted octanol–water partition coefficient (Wildman–Crippen LogP) is 3.71. The molecule has 0 radical (unpaired) electrons. The van der Waals surface area contributed by atoms with E-state index in [2.05, 4.69) is 0 Å². The molecule has 0 fully saturated rings. The number of Topliss-reactive ketones (excluding diaryl/α,β-unsaturated/α-hetero) is 1. The summed E-state index contributed by atoms with van der Waals surface area (Å²) in [7, 11) is 0. The standard InChI is InChI=1S/C19H26O5/c1-13-9-10-16(18(22)23)14(11-13)12-15(20)7-5-6-8-17(21)24-19(2,3)4/h9-11H,5-8,12H2,1-4H3,(H,22,23). The van der Waals surface area contributed by atoms with Gasteiger partial charge < -0.3 is 9.84 Å². The van der Waals surface area contributed by atoms with Crippen LogP contribution in [0.2, 0.25) is 0 Å². The number of benzene rings is 1. The highest BCUT2D eigenvalue weighted by Gasteiger charge is 2.16. The molecule has 0 heterocycles. The predicted molar refractivity (Wildman–Crippen MR) is 91.2 cm³/mol. The molecule has 5 nitrogen and oxygen atoms in total. The van der Waals surface area contributed by atoms with E-state index in [9.17, 15) is 19.5 Å². The number of ether oxygens (including phenoxy) is 1. The van der Waals surface area contributed by atoms with E-state index in [4.69, 9.17) is 4.74 Å². The average molecular weight is 334 g/mol. The number of aryl methyl sites for hydroxylation is 1. The van der Waals surface area contributed by atoms with Crippen LogP contribution in [-0.4, -0.2) is 28.4 Å². The zero-order chi connectivity index (χ0) is 18.3. The highest BCUT2D eigenvalue weighted by Crippen LogP contribution is 2.15. The van der Waals surface area contributed by atoms with Crippen molar-refractivity contribution >= 4 is 17.7 Å². The van der Waals surface area contributed by atoms with E-state index in [-0.39, 0.29) is 30.2 Å².